The molecule has 0 aliphatic heterocycles. The summed E-state index contributed by atoms with van der Waals surface area (Å²) in [6.45, 7) is 9.39. The van der Waals surface area contributed by atoms with Crippen molar-refractivity contribution in [1.82, 2.24) is 20.4 Å². The molecule has 0 bridgehead atoms. The molecular formula is C24H48N4O8. The molecule has 1 fully saturated rings. The third-order valence-corrected chi connectivity index (χ3v) is 6.37. The number of amides is 2. The number of ether oxygens (including phenoxy) is 2. The van der Waals surface area contributed by atoms with E-state index in [2.05, 4.69) is 31.4 Å². The van der Waals surface area contributed by atoms with Gasteiger partial charge in [-0.2, -0.15) is 0 Å². The number of aliphatic hydroxyl groups excluding tert-OH is 4. The van der Waals surface area contributed by atoms with E-state index in [9.17, 15) is 9.59 Å². The van der Waals surface area contributed by atoms with E-state index in [-0.39, 0.29) is 56.5 Å². The molecule has 0 radical (unpaired) electrons. The third-order valence-electron chi connectivity index (χ3n) is 6.37. The second kappa shape index (κ2) is 16.9. The Morgan fingerprint density at radius 1 is 0.778 bits per heavy atom. The van der Waals surface area contributed by atoms with Crippen LogP contribution in [0.3, 0.4) is 0 Å². The fourth-order valence-corrected chi connectivity index (χ4v) is 5.19. The summed E-state index contributed by atoms with van der Waals surface area (Å²) in [6.07, 6.45) is 1.30. The molecule has 1 rings (SSSR count). The van der Waals surface area contributed by atoms with Crippen molar-refractivity contribution >= 4 is 12.2 Å². The van der Waals surface area contributed by atoms with Gasteiger partial charge >= 0.3 is 12.2 Å². The van der Waals surface area contributed by atoms with Crippen LogP contribution in [0, 0.1) is 10.8 Å². The Morgan fingerprint density at radius 2 is 1.25 bits per heavy atom. The van der Waals surface area contributed by atoms with Gasteiger partial charge in [0.05, 0.1) is 26.4 Å². The molecular weight excluding hydrogens is 472 g/mol. The van der Waals surface area contributed by atoms with Crippen molar-refractivity contribution in [2.24, 2.45) is 10.8 Å². The standard InChI is InChI=1S/C24H48N4O8/c1-23(2)16-20(26-22(34)36-15-9-28(6-12-31)7-13-32)17-24(3,18-23)19-25-21(33)35-14-8-27(4-10-29)5-11-30/h20,29-32H,4-19H2,1-3H3,(H,25,33)(H,26,34). The summed E-state index contributed by atoms with van der Waals surface area (Å²) in [7, 11) is 0. The highest BCUT2D eigenvalue weighted by Crippen LogP contribution is 2.45. The molecule has 2 atom stereocenters. The van der Waals surface area contributed by atoms with Crippen molar-refractivity contribution < 1.29 is 39.5 Å². The molecule has 0 spiro atoms. The van der Waals surface area contributed by atoms with Crippen LogP contribution in [0.2, 0.25) is 0 Å². The maximum atomic E-state index is 12.4. The SMILES string of the molecule is CC1(C)CC(NC(=O)OCCN(CCO)CCO)CC(C)(CNC(=O)OCCN(CCO)CCO)C1. The lowest BCUT2D eigenvalue weighted by Crippen LogP contribution is -2.50. The van der Waals surface area contributed by atoms with Gasteiger partial charge in [-0.05, 0) is 30.1 Å². The van der Waals surface area contributed by atoms with Crippen LogP contribution in [0.4, 0.5) is 9.59 Å². The van der Waals surface area contributed by atoms with Gasteiger partial charge in [-0.15, -0.1) is 0 Å². The Labute approximate surface area is 214 Å². The molecule has 0 saturated heterocycles. The monoisotopic (exact) mass is 520 g/mol. The van der Waals surface area contributed by atoms with Crippen LogP contribution < -0.4 is 10.6 Å². The average molecular weight is 521 g/mol. The van der Waals surface area contributed by atoms with Crippen LogP contribution in [-0.4, -0.2) is 134 Å². The van der Waals surface area contributed by atoms with Crippen LogP contribution in [0.5, 0.6) is 0 Å². The molecule has 6 N–H and O–H groups in total. The molecule has 12 heteroatoms. The number of rotatable bonds is 17. The van der Waals surface area contributed by atoms with Crippen LogP contribution in [0.15, 0.2) is 0 Å². The largest absolute Gasteiger partial charge is 0.448 e. The number of alkyl carbamates (subject to hydrolysis) is 2. The van der Waals surface area contributed by atoms with Gasteiger partial charge in [0.1, 0.15) is 13.2 Å². The lowest BCUT2D eigenvalue weighted by molar-refractivity contribution is 0.0588. The first-order valence-electron chi connectivity index (χ1n) is 12.8. The van der Waals surface area contributed by atoms with E-state index in [0.29, 0.717) is 52.2 Å². The summed E-state index contributed by atoms with van der Waals surface area (Å²) in [5, 5.41) is 42.1. The number of carbonyl (C=O) groups excluding carboxylic acids is 2. The first-order chi connectivity index (χ1) is 17.1. The molecule has 2 amide bonds. The molecule has 212 valence electrons. The number of hydrogen-bond acceptors (Lipinski definition) is 10. The molecule has 2 unspecified atom stereocenters. The minimum absolute atomic E-state index is 0.0324. The summed E-state index contributed by atoms with van der Waals surface area (Å²) in [6, 6.07) is -0.111. The van der Waals surface area contributed by atoms with Crippen molar-refractivity contribution in [3.63, 3.8) is 0 Å². The molecule has 1 aliphatic carbocycles. The lowest BCUT2D eigenvalue weighted by atomic mass is 9.62. The maximum absolute atomic E-state index is 12.4. The number of carbonyl (C=O) groups is 2. The summed E-state index contributed by atoms with van der Waals surface area (Å²) in [4.78, 5) is 28.2. The molecule has 36 heavy (non-hydrogen) atoms. The molecule has 12 nitrogen and oxygen atoms in total. The third kappa shape index (κ3) is 13.6. The van der Waals surface area contributed by atoms with Crippen LogP contribution in [-0.2, 0) is 9.47 Å². The van der Waals surface area contributed by atoms with Crippen molar-refractivity contribution in [1.29, 1.82) is 0 Å². The Kier molecular flexibility index (Phi) is 15.2. The molecule has 0 aromatic heterocycles. The topological polar surface area (TPSA) is 164 Å². The van der Waals surface area contributed by atoms with Crippen molar-refractivity contribution in [3.8, 4) is 0 Å². The molecule has 1 saturated carbocycles. The van der Waals surface area contributed by atoms with E-state index in [1.54, 1.807) is 0 Å². The first-order valence-corrected chi connectivity index (χ1v) is 12.8. The number of nitrogens with zero attached hydrogens (tertiary/aromatic N) is 2. The Hall–Kier alpha value is -1.70. The normalized spacial score (nSPS) is 21.4. The number of aliphatic hydroxyl groups is 4. The van der Waals surface area contributed by atoms with Gasteiger partial charge in [-0.1, -0.05) is 20.8 Å². The zero-order chi connectivity index (χ0) is 27.0. The van der Waals surface area contributed by atoms with Crippen LogP contribution in [0.1, 0.15) is 40.0 Å². The highest BCUT2D eigenvalue weighted by atomic mass is 16.6. The highest BCUT2D eigenvalue weighted by Gasteiger charge is 2.42. The van der Waals surface area contributed by atoms with Crippen molar-refractivity contribution in [2.45, 2.75) is 46.1 Å². The Bertz CT molecular complexity index is 627. The minimum Gasteiger partial charge on any atom is -0.448 e. The van der Waals surface area contributed by atoms with Gasteiger partial charge in [0.2, 0.25) is 0 Å². The molecule has 0 aromatic carbocycles. The second-order valence-corrected chi connectivity index (χ2v) is 10.6. The fraction of sp³-hybridized carbons (Fsp3) is 0.917. The maximum Gasteiger partial charge on any atom is 0.407 e. The van der Waals surface area contributed by atoms with Gasteiger partial charge in [0, 0.05) is 51.9 Å². The van der Waals surface area contributed by atoms with Crippen molar-refractivity contribution in [3.05, 3.63) is 0 Å². The average Bonchev–Trinajstić information content (AvgIpc) is 2.77. The predicted octanol–water partition coefficient (Wildman–Crippen LogP) is -0.403. The van der Waals surface area contributed by atoms with Gasteiger partial charge in [-0.25, -0.2) is 9.59 Å². The Balaban J connectivity index is 2.49. The summed E-state index contributed by atoms with van der Waals surface area (Å²) < 4.78 is 10.6. The zero-order valence-electron chi connectivity index (χ0n) is 22.2. The molecule has 1 aliphatic rings. The van der Waals surface area contributed by atoms with E-state index >= 15 is 0 Å². The lowest BCUT2D eigenvalue weighted by Gasteiger charge is -2.46. The second-order valence-electron chi connectivity index (χ2n) is 10.6. The molecule has 0 aromatic rings. The van der Waals surface area contributed by atoms with Crippen LogP contribution >= 0.6 is 0 Å². The van der Waals surface area contributed by atoms with Gasteiger partial charge in [0.15, 0.2) is 0 Å². The number of nitrogens with one attached hydrogen (secondary N) is 2. The minimum atomic E-state index is -0.521. The predicted molar refractivity (Wildman–Crippen MR) is 135 cm³/mol. The Morgan fingerprint density at radius 3 is 1.72 bits per heavy atom. The quantitative estimate of drug-likeness (QED) is 0.149. The van der Waals surface area contributed by atoms with Gasteiger partial charge in [-0.3, -0.25) is 9.80 Å². The van der Waals surface area contributed by atoms with E-state index in [1.165, 1.54) is 0 Å². The van der Waals surface area contributed by atoms with E-state index in [0.717, 1.165) is 12.8 Å². The van der Waals surface area contributed by atoms with Crippen LogP contribution in [0.25, 0.3) is 0 Å². The van der Waals surface area contributed by atoms with E-state index in [4.69, 9.17) is 29.9 Å². The highest BCUT2D eigenvalue weighted by molar-refractivity contribution is 5.68. The van der Waals surface area contributed by atoms with E-state index in [1.807, 2.05) is 9.80 Å². The fourth-order valence-electron chi connectivity index (χ4n) is 5.19. The van der Waals surface area contributed by atoms with Crippen molar-refractivity contribution in [2.75, 3.05) is 85.5 Å². The number of hydrogen-bond donors (Lipinski definition) is 6. The zero-order valence-corrected chi connectivity index (χ0v) is 22.2. The van der Waals surface area contributed by atoms with E-state index < -0.39 is 12.2 Å². The van der Waals surface area contributed by atoms with Gasteiger partial charge < -0.3 is 40.5 Å². The van der Waals surface area contributed by atoms with Gasteiger partial charge in [0.25, 0.3) is 0 Å². The summed E-state index contributed by atoms with van der Waals surface area (Å²) >= 11 is 0. The molecule has 0 heterocycles. The summed E-state index contributed by atoms with van der Waals surface area (Å²) in [5.74, 6) is 0. The first kappa shape index (κ1) is 32.3. The summed E-state index contributed by atoms with van der Waals surface area (Å²) in [5.41, 5.74) is -0.303. The smallest absolute Gasteiger partial charge is 0.407 e.